The van der Waals surface area contributed by atoms with E-state index in [1.165, 1.54) is 60.2 Å². The molecule has 0 radical (unpaired) electrons. The van der Waals surface area contributed by atoms with E-state index in [0.29, 0.717) is 0 Å². The van der Waals surface area contributed by atoms with Gasteiger partial charge in [-0.2, -0.15) is 0 Å². The van der Waals surface area contributed by atoms with Gasteiger partial charge in [0.1, 0.15) is 0 Å². The second kappa shape index (κ2) is 7.08. The molecule has 0 aliphatic rings. The van der Waals surface area contributed by atoms with Crippen molar-refractivity contribution in [2.75, 3.05) is 0 Å². The van der Waals surface area contributed by atoms with Crippen LogP contribution in [-0.2, 0) is 0 Å². The van der Waals surface area contributed by atoms with Crippen LogP contribution in [0.5, 0.6) is 0 Å². The Labute approximate surface area is 192 Å². The zero-order chi connectivity index (χ0) is 21.8. The van der Waals surface area contributed by atoms with Crippen LogP contribution in [-0.4, -0.2) is 4.57 Å². The fourth-order valence-electron chi connectivity index (χ4n) is 5.28. The van der Waals surface area contributed by atoms with Gasteiger partial charge in [-0.3, -0.25) is 0 Å². The van der Waals surface area contributed by atoms with E-state index in [1.54, 1.807) is 0 Å². The van der Waals surface area contributed by atoms with Crippen LogP contribution in [0.4, 0.5) is 0 Å². The van der Waals surface area contributed by atoms with Crippen molar-refractivity contribution in [1.29, 1.82) is 0 Å². The van der Waals surface area contributed by atoms with Gasteiger partial charge in [-0.1, -0.05) is 109 Å². The second-order valence-corrected chi connectivity index (χ2v) is 8.62. The summed E-state index contributed by atoms with van der Waals surface area (Å²) in [6, 6.07) is 46.1. The third-order valence-corrected chi connectivity index (χ3v) is 6.75. The van der Waals surface area contributed by atoms with E-state index in [1.807, 2.05) is 0 Å². The topological polar surface area (TPSA) is 4.93 Å². The van der Waals surface area contributed by atoms with Gasteiger partial charge in [0.15, 0.2) is 0 Å². The molecule has 0 saturated carbocycles. The van der Waals surface area contributed by atoms with Gasteiger partial charge in [-0.05, 0) is 45.5 Å². The van der Waals surface area contributed by atoms with Gasteiger partial charge >= 0.3 is 0 Å². The SMILES string of the molecule is c1ccc(-c2cc(-n3c4ccccc4c4ccc5ccccc5c43)cc3ccccc23)cc1. The van der Waals surface area contributed by atoms with E-state index < -0.39 is 0 Å². The van der Waals surface area contributed by atoms with E-state index in [9.17, 15) is 0 Å². The predicted molar refractivity (Wildman–Crippen MR) is 141 cm³/mol. The number of para-hydroxylation sites is 1. The van der Waals surface area contributed by atoms with Crippen LogP contribution < -0.4 is 0 Å². The zero-order valence-electron chi connectivity index (χ0n) is 18.1. The molecule has 0 saturated heterocycles. The van der Waals surface area contributed by atoms with Crippen LogP contribution in [0, 0.1) is 0 Å². The Bertz CT molecular complexity index is 1810. The average Bonchev–Trinajstić information content (AvgIpc) is 3.23. The minimum Gasteiger partial charge on any atom is -0.309 e. The van der Waals surface area contributed by atoms with Gasteiger partial charge < -0.3 is 4.57 Å². The third kappa shape index (κ3) is 2.73. The first kappa shape index (κ1) is 18.2. The number of nitrogens with zero attached hydrogens (tertiary/aromatic N) is 1. The van der Waals surface area contributed by atoms with Crippen LogP contribution in [0.25, 0.3) is 60.2 Å². The number of rotatable bonds is 2. The van der Waals surface area contributed by atoms with Gasteiger partial charge in [0.05, 0.1) is 11.0 Å². The molecule has 0 fully saturated rings. The molecule has 154 valence electrons. The number of benzene rings is 6. The Morgan fingerprint density at radius 1 is 0.424 bits per heavy atom. The molecule has 0 spiro atoms. The van der Waals surface area contributed by atoms with Crippen LogP contribution >= 0.6 is 0 Å². The Balaban J connectivity index is 1.67. The lowest BCUT2D eigenvalue weighted by molar-refractivity contribution is 1.19. The quantitative estimate of drug-likeness (QED) is 0.264. The maximum absolute atomic E-state index is 2.45. The lowest BCUT2D eigenvalue weighted by atomic mass is 9.97. The molecule has 7 aromatic rings. The molecule has 0 aliphatic heterocycles. The first-order valence-electron chi connectivity index (χ1n) is 11.4. The number of fused-ring (bicyclic) bond motifs is 6. The van der Waals surface area contributed by atoms with E-state index in [0.717, 1.165) is 0 Å². The van der Waals surface area contributed by atoms with E-state index in [-0.39, 0.29) is 0 Å². The molecule has 1 heteroatoms. The normalized spacial score (nSPS) is 11.6. The molecule has 1 aromatic heterocycles. The maximum atomic E-state index is 2.45. The van der Waals surface area contributed by atoms with Crippen molar-refractivity contribution in [3.8, 4) is 16.8 Å². The van der Waals surface area contributed by atoms with Crippen molar-refractivity contribution in [2.45, 2.75) is 0 Å². The van der Waals surface area contributed by atoms with Crippen LogP contribution in [0.15, 0.2) is 127 Å². The molecule has 0 N–H and O–H groups in total. The predicted octanol–water partition coefficient (Wildman–Crippen LogP) is 8.76. The summed E-state index contributed by atoms with van der Waals surface area (Å²) in [5, 5.41) is 7.64. The fourth-order valence-corrected chi connectivity index (χ4v) is 5.28. The van der Waals surface area contributed by atoms with Crippen molar-refractivity contribution in [3.63, 3.8) is 0 Å². The maximum Gasteiger partial charge on any atom is 0.0619 e. The number of hydrogen-bond acceptors (Lipinski definition) is 0. The first-order chi connectivity index (χ1) is 16.4. The summed E-state index contributed by atoms with van der Waals surface area (Å²) < 4.78 is 2.45. The summed E-state index contributed by atoms with van der Waals surface area (Å²) in [6.07, 6.45) is 0. The Hall–Kier alpha value is -4.36. The van der Waals surface area contributed by atoms with Crippen molar-refractivity contribution in [3.05, 3.63) is 127 Å². The highest BCUT2D eigenvalue weighted by molar-refractivity contribution is 6.18. The molecule has 0 atom stereocenters. The zero-order valence-corrected chi connectivity index (χ0v) is 18.1. The highest BCUT2D eigenvalue weighted by Gasteiger charge is 2.16. The standard InChI is InChI=1S/C32H21N/c1-2-10-22(11-3-1)30-21-25(20-24-13-5-6-14-26(24)30)33-31-17-9-8-16-28(31)29-19-18-23-12-4-7-15-27(23)32(29)33/h1-21H. The van der Waals surface area contributed by atoms with Crippen molar-refractivity contribution in [2.24, 2.45) is 0 Å². The Morgan fingerprint density at radius 3 is 1.94 bits per heavy atom. The van der Waals surface area contributed by atoms with Gasteiger partial charge in [-0.15, -0.1) is 0 Å². The van der Waals surface area contributed by atoms with Crippen molar-refractivity contribution < 1.29 is 0 Å². The molecule has 1 nitrogen and oxygen atoms in total. The van der Waals surface area contributed by atoms with Crippen molar-refractivity contribution in [1.82, 2.24) is 4.57 Å². The highest BCUT2D eigenvalue weighted by Crippen LogP contribution is 2.39. The Kier molecular flexibility index (Phi) is 3.91. The summed E-state index contributed by atoms with van der Waals surface area (Å²) in [5.74, 6) is 0. The molecule has 7 rings (SSSR count). The summed E-state index contributed by atoms with van der Waals surface area (Å²) in [7, 11) is 0. The minimum absolute atomic E-state index is 1.19. The van der Waals surface area contributed by atoms with Crippen LogP contribution in [0.2, 0.25) is 0 Å². The van der Waals surface area contributed by atoms with Crippen LogP contribution in [0.1, 0.15) is 0 Å². The number of hydrogen-bond donors (Lipinski definition) is 0. The summed E-state index contributed by atoms with van der Waals surface area (Å²) >= 11 is 0. The lowest BCUT2D eigenvalue weighted by Gasteiger charge is -2.14. The smallest absolute Gasteiger partial charge is 0.0619 e. The second-order valence-electron chi connectivity index (χ2n) is 8.62. The molecule has 1 heterocycles. The molecular weight excluding hydrogens is 398 g/mol. The molecule has 0 aliphatic carbocycles. The first-order valence-corrected chi connectivity index (χ1v) is 11.4. The minimum atomic E-state index is 1.19. The summed E-state index contributed by atoms with van der Waals surface area (Å²) in [5.41, 5.74) is 6.19. The van der Waals surface area contributed by atoms with Gasteiger partial charge in [0, 0.05) is 21.8 Å². The Morgan fingerprint density at radius 2 is 1.09 bits per heavy atom. The molecule has 33 heavy (non-hydrogen) atoms. The lowest BCUT2D eigenvalue weighted by Crippen LogP contribution is -1.96. The molecular formula is C32H21N. The van der Waals surface area contributed by atoms with Gasteiger partial charge in [0.25, 0.3) is 0 Å². The van der Waals surface area contributed by atoms with Crippen molar-refractivity contribution >= 4 is 43.4 Å². The number of aromatic nitrogens is 1. The molecule has 0 amide bonds. The average molecular weight is 420 g/mol. The summed E-state index contributed by atoms with van der Waals surface area (Å²) in [4.78, 5) is 0. The third-order valence-electron chi connectivity index (χ3n) is 6.75. The van der Waals surface area contributed by atoms with Crippen LogP contribution in [0.3, 0.4) is 0 Å². The monoisotopic (exact) mass is 419 g/mol. The summed E-state index contributed by atoms with van der Waals surface area (Å²) in [6.45, 7) is 0. The highest BCUT2D eigenvalue weighted by atomic mass is 15.0. The van der Waals surface area contributed by atoms with E-state index in [2.05, 4.69) is 132 Å². The van der Waals surface area contributed by atoms with E-state index >= 15 is 0 Å². The fraction of sp³-hybridized carbons (Fsp3) is 0. The molecule has 0 unspecified atom stereocenters. The molecule has 6 aromatic carbocycles. The van der Waals surface area contributed by atoms with Gasteiger partial charge in [-0.25, -0.2) is 0 Å². The van der Waals surface area contributed by atoms with E-state index in [4.69, 9.17) is 0 Å². The van der Waals surface area contributed by atoms with Gasteiger partial charge in [0.2, 0.25) is 0 Å². The largest absolute Gasteiger partial charge is 0.309 e. The molecule has 0 bridgehead atoms.